The van der Waals surface area contributed by atoms with Crippen LogP contribution in [0.1, 0.15) is 16.8 Å². The summed E-state index contributed by atoms with van der Waals surface area (Å²) in [6.07, 6.45) is -0.704. The van der Waals surface area contributed by atoms with Gasteiger partial charge in [-0.15, -0.1) is 0 Å². The molecule has 0 aliphatic carbocycles. The SMILES string of the molecule is O=C(O)[C@@H]1C[C@@H](O)CN1C(=O)c1ccc2ccccc2c1. The maximum absolute atomic E-state index is 12.5. The van der Waals surface area contributed by atoms with Crippen LogP contribution in [0.5, 0.6) is 0 Å². The molecule has 5 heteroatoms. The van der Waals surface area contributed by atoms with Crippen LogP contribution in [0.25, 0.3) is 10.8 Å². The van der Waals surface area contributed by atoms with Crippen molar-refractivity contribution in [3.8, 4) is 0 Å². The highest BCUT2D eigenvalue weighted by Crippen LogP contribution is 2.23. The fraction of sp³-hybridized carbons (Fsp3) is 0.250. The summed E-state index contributed by atoms with van der Waals surface area (Å²) in [6, 6.07) is 12.0. The molecule has 2 N–H and O–H groups in total. The fourth-order valence-corrected chi connectivity index (χ4v) is 2.76. The first-order chi connectivity index (χ1) is 10.1. The molecule has 5 nitrogen and oxygen atoms in total. The van der Waals surface area contributed by atoms with E-state index in [1.807, 2.05) is 30.3 Å². The Morgan fingerprint density at radius 2 is 1.81 bits per heavy atom. The lowest BCUT2D eigenvalue weighted by molar-refractivity contribution is -0.141. The normalized spacial score (nSPS) is 21.7. The molecule has 1 aliphatic heterocycles. The molecule has 1 aliphatic rings. The number of carbonyl (C=O) groups excluding carboxylic acids is 1. The van der Waals surface area contributed by atoms with Gasteiger partial charge in [0.2, 0.25) is 0 Å². The Bertz CT molecular complexity index is 712. The lowest BCUT2D eigenvalue weighted by Crippen LogP contribution is -2.40. The largest absolute Gasteiger partial charge is 0.480 e. The molecule has 0 spiro atoms. The Morgan fingerprint density at radius 3 is 2.52 bits per heavy atom. The van der Waals surface area contributed by atoms with Gasteiger partial charge >= 0.3 is 5.97 Å². The Hall–Kier alpha value is -2.40. The first-order valence-electron chi connectivity index (χ1n) is 6.77. The third-order valence-electron chi connectivity index (χ3n) is 3.82. The van der Waals surface area contributed by atoms with Crippen LogP contribution >= 0.6 is 0 Å². The van der Waals surface area contributed by atoms with E-state index < -0.39 is 18.1 Å². The van der Waals surface area contributed by atoms with Crippen molar-refractivity contribution in [2.75, 3.05) is 6.54 Å². The maximum atomic E-state index is 12.5. The Balaban J connectivity index is 1.94. The summed E-state index contributed by atoms with van der Waals surface area (Å²) in [7, 11) is 0. The third-order valence-corrected chi connectivity index (χ3v) is 3.82. The van der Waals surface area contributed by atoms with Crippen LogP contribution in [-0.4, -0.2) is 45.7 Å². The number of aliphatic hydroxyl groups is 1. The zero-order chi connectivity index (χ0) is 15.0. The number of fused-ring (bicyclic) bond motifs is 1. The third kappa shape index (κ3) is 2.48. The first kappa shape index (κ1) is 13.6. The van der Waals surface area contributed by atoms with E-state index in [0.717, 1.165) is 10.8 Å². The summed E-state index contributed by atoms with van der Waals surface area (Å²) < 4.78 is 0. The molecule has 2 aromatic rings. The van der Waals surface area contributed by atoms with E-state index in [9.17, 15) is 14.7 Å². The predicted octanol–water partition coefficient (Wildman–Crippen LogP) is 1.50. The maximum Gasteiger partial charge on any atom is 0.326 e. The first-order valence-corrected chi connectivity index (χ1v) is 6.77. The van der Waals surface area contributed by atoms with E-state index in [4.69, 9.17) is 5.11 Å². The summed E-state index contributed by atoms with van der Waals surface area (Å²) in [6.45, 7) is 0.0582. The fourth-order valence-electron chi connectivity index (χ4n) is 2.76. The number of carbonyl (C=O) groups is 2. The molecule has 1 saturated heterocycles. The molecular formula is C16H15NO4. The number of rotatable bonds is 2. The van der Waals surface area contributed by atoms with E-state index in [2.05, 4.69) is 0 Å². The number of carboxylic acids is 1. The molecule has 0 saturated carbocycles. The van der Waals surface area contributed by atoms with Crippen molar-refractivity contribution in [3.63, 3.8) is 0 Å². The molecule has 0 bridgehead atoms. The van der Waals surface area contributed by atoms with Crippen LogP contribution in [0.15, 0.2) is 42.5 Å². The number of aliphatic carboxylic acids is 1. The van der Waals surface area contributed by atoms with Crippen molar-refractivity contribution >= 4 is 22.6 Å². The van der Waals surface area contributed by atoms with Crippen LogP contribution < -0.4 is 0 Å². The van der Waals surface area contributed by atoms with Gasteiger partial charge in [0.15, 0.2) is 0 Å². The number of likely N-dealkylation sites (tertiary alicyclic amines) is 1. The average molecular weight is 285 g/mol. The Kier molecular flexibility index (Phi) is 3.35. The number of β-amino-alcohol motifs (C(OH)–C–C–N with tert-alkyl or cyclic N) is 1. The van der Waals surface area contributed by atoms with Crippen molar-refractivity contribution in [1.29, 1.82) is 0 Å². The Labute approximate surface area is 121 Å². The zero-order valence-corrected chi connectivity index (χ0v) is 11.3. The monoisotopic (exact) mass is 285 g/mol. The van der Waals surface area contributed by atoms with E-state index in [-0.39, 0.29) is 18.9 Å². The molecule has 0 radical (unpaired) electrons. The predicted molar refractivity (Wildman–Crippen MR) is 77.0 cm³/mol. The van der Waals surface area contributed by atoms with Crippen LogP contribution in [-0.2, 0) is 4.79 Å². The summed E-state index contributed by atoms with van der Waals surface area (Å²) in [5.74, 6) is -1.44. The lowest BCUT2D eigenvalue weighted by atomic mass is 10.1. The van der Waals surface area contributed by atoms with Crippen LogP contribution in [0.4, 0.5) is 0 Å². The number of hydrogen-bond acceptors (Lipinski definition) is 3. The van der Waals surface area contributed by atoms with Gasteiger partial charge in [0, 0.05) is 18.5 Å². The molecule has 108 valence electrons. The van der Waals surface area contributed by atoms with Gasteiger partial charge < -0.3 is 15.1 Å². The molecule has 0 aromatic heterocycles. The quantitative estimate of drug-likeness (QED) is 0.876. The van der Waals surface area contributed by atoms with E-state index in [1.165, 1.54) is 4.90 Å². The highest BCUT2D eigenvalue weighted by atomic mass is 16.4. The molecule has 2 atom stereocenters. The second-order valence-corrected chi connectivity index (χ2v) is 5.26. The number of amides is 1. The second kappa shape index (κ2) is 5.18. The Morgan fingerprint density at radius 1 is 1.10 bits per heavy atom. The lowest BCUT2D eigenvalue weighted by Gasteiger charge is -2.21. The highest BCUT2D eigenvalue weighted by Gasteiger charge is 2.39. The van der Waals surface area contributed by atoms with Crippen molar-refractivity contribution in [2.45, 2.75) is 18.6 Å². The summed E-state index contributed by atoms with van der Waals surface area (Å²) >= 11 is 0. The standard InChI is InChI=1S/C16H15NO4/c18-13-8-14(16(20)21)17(9-13)15(19)12-6-5-10-3-1-2-4-11(10)7-12/h1-7,13-14,18H,8-9H2,(H,20,21)/t13-,14+/m1/s1. The van der Waals surface area contributed by atoms with Gasteiger partial charge in [0.1, 0.15) is 6.04 Å². The minimum atomic E-state index is -1.08. The van der Waals surface area contributed by atoms with Gasteiger partial charge in [-0.05, 0) is 22.9 Å². The molecule has 1 amide bonds. The number of nitrogens with zero attached hydrogens (tertiary/aromatic N) is 1. The van der Waals surface area contributed by atoms with Gasteiger partial charge in [-0.3, -0.25) is 4.79 Å². The molecule has 1 fully saturated rings. The van der Waals surface area contributed by atoms with Crippen LogP contribution in [0.3, 0.4) is 0 Å². The van der Waals surface area contributed by atoms with Crippen molar-refractivity contribution in [3.05, 3.63) is 48.0 Å². The van der Waals surface area contributed by atoms with Crippen LogP contribution in [0, 0.1) is 0 Å². The van der Waals surface area contributed by atoms with Gasteiger partial charge in [-0.25, -0.2) is 4.79 Å². The van der Waals surface area contributed by atoms with E-state index >= 15 is 0 Å². The molecule has 1 heterocycles. The van der Waals surface area contributed by atoms with Gasteiger partial charge in [0.25, 0.3) is 5.91 Å². The highest BCUT2D eigenvalue weighted by molar-refractivity contribution is 6.00. The smallest absolute Gasteiger partial charge is 0.326 e. The minimum absolute atomic E-state index is 0.0582. The van der Waals surface area contributed by atoms with Gasteiger partial charge in [0.05, 0.1) is 6.10 Å². The van der Waals surface area contributed by atoms with Crippen LogP contribution in [0.2, 0.25) is 0 Å². The summed E-state index contributed by atoms with van der Waals surface area (Å²) in [5.41, 5.74) is 0.439. The van der Waals surface area contributed by atoms with E-state index in [1.54, 1.807) is 12.1 Å². The number of hydrogen-bond donors (Lipinski definition) is 2. The molecule has 2 aromatic carbocycles. The molecule has 0 unspecified atom stereocenters. The number of benzene rings is 2. The molecule has 3 rings (SSSR count). The zero-order valence-electron chi connectivity index (χ0n) is 11.3. The van der Waals surface area contributed by atoms with Gasteiger partial charge in [-0.1, -0.05) is 30.3 Å². The minimum Gasteiger partial charge on any atom is -0.480 e. The van der Waals surface area contributed by atoms with Crippen molar-refractivity contribution < 1.29 is 19.8 Å². The van der Waals surface area contributed by atoms with Gasteiger partial charge in [-0.2, -0.15) is 0 Å². The number of aliphatic hydroxyl groups excluding tert-OH is 1. The topological polar surface area (TPSA) is 77.8 Å². The summed E-state index contributed by atoms with van der Waals surface area (Å²) in [4.78, 5) is 24.9. The average Bonchev–Trinajstić information content (AvgIpc) is 2.88. The molecule has 21 heavy (non-hydrogen) atoms. The van der Waals surface area contributed by atoms with Crippen molar-refractivity contribution in [2.24, 2.45) is 0 Å². The van der Waals surface area contributed by atoms with Crippen molar-refractivity contribution in [1.82, 2.24) is 4.90 Å². The molecular weight excluding hydrogens is 270 g/mol. The van der Waals surface area contributed by atoms with E-state index in [0.29, 0.717) is 5.56 Å². The summed E-state index contributed by atoms with van der Waals surface area (Å²) in [5, 5.41) is 20.7. The second-order valence-electron chi connectivity index (χ2n) is 5.26. The number of carboxylic acid groups (broad SMARTS) is 1.